The molecule has 1 amide bonds. The number of aryl methyl sites for hydroxylation is 2. The van der Waals surface area contributed by atoms with Crippen molar-refractivity contribution in [2.75, 3.05) is 11.9 Å². The van der Waals surface area contributed by atoms with Gasteiger partial charge in [-0.15, -0.1) is 11.3 Å². The Labute approximate surface area is 107 Å². The van der Waals surface area contributed by atoms with E-state index in [0.29, 0.717) is 12.5 Å². The zero-order valence-electron chi connectivity index (χ0n) is 11.1. The van der Waals surface area contributed by atoms with Gasteiger partial charge in [-0.1, -0.05) is 13.8 Å². The molecule has 4 nitrogen and oxygen atoms in total. The second-order valence-electron chi connectivity index (χ2n) is 4.67. The summed E-state index contributed by atoms with van der Waals surface area (Å²) in [5, 5.41) is 6.83. The zero-order valence-corrected chi connectivity index (χ0v) is 11.9. The minimum Gasteiger partial charge on any atom is -0.354 e. The van der Waals surface area contributed by atoms with Crippen molar-refractivity contribution >= 4 is 22.4 Å². The molecule has 96 valence electrons. The number of rotatable bonds is 5. The Hall–Kier alpha value is -1.10. The fraction of sp³-hybridized carbons (Fsp3) is 0.667. The summed E-state index contributed by atoms with van der Waals surface area (Å²) < 4.78 is 0. The average molecular weight is 255 g/mol. The van der Waals surface area contributed by atoms with Gasteiger partial charge in [0.2, 0.25) is 5.91 Å². The molecule has 0 saturated heterocycles. The lowest BCUT2D eigenvalue weighted by Gasteiger charge is -2.14. The maximum Gasteiger partial charge on any atom is 0.242 e. The van der Waals surface area contributed by atoms with Crippen LogP contribution in [0.1, 0.15) is 31.3 Å². The lowest BCUT2D eigenvalue weighted by molar-refractivity contribution is -0.121. The lowest BCUT2D eigenvalue weighted by atomic mass is 10.2. The zero-order chi connectivity index (χ0) is 13.0. The fourth-order valence-corrected chi connectivity index (χ4v) is 2.14. The molecule has 0 aromatic carbocycles. The van der Waals surface area contributed by atoms with E-state index in [1.807, 2.05) is 20.8 Å². The monoisotopic (exact) mass is 255 g/mol. The largest absolute Gasteiger partial charge is 0.354 e. The van der Waals surface area contributed by atoms with Gasteiger partial charge in [0, 0.05) is 11.4 Å². The molecule has 0 fully saturated rings. The van der Waals surface area contributed by atoms with E-state index in [9.17, 15) is 4.79 Å². The van der Waals surface area contributed by atoms with E-state index in [1.165, 1.54) is 4.88 Å². The molecule has 0 spiro atoms. The Morgan fingerprint density at radius 2 is 2.00 bits per heavy atom. The number of amides is 1. The number of carbonyl (C=O) groups is 1. The van der Waals surface area contributed by atoms with Crippen molar-refractivity contribution in [1.29, 1.82) is 0 Å². The topological polar surface area (TPSA) is 54.0 Å². The van der Waals surface area contributed by atoms with Crippen molar-refractivity contribution in [2.45, 2.75) is 40.7 Å². The van der Waals surface area contributed by atoms with Gasteiger partial charge in [0.15, 0.2) is 5.13 Å². The Bertz CT molecular complexity index is 368. The number of anilines is 1. The summed E-state index contributed by atoms with van der Waals surface area (Å²) in [5.41, 5.74) is 1.02. The van der Waals surface area contributed by atoms with Crippen molar-refractivity contribution in [2.24, 2.45) is 5.92 Å². The van der Waals surface area contributed by atoms with Crippen LogP contribution in [0.25, 0.3) is 0 Å². The molecule has 0 bridgehead atoms. The first-order valence-corrected chi connectivity index (χ1v) is 6.70. The lowest BCUT2D eigenvalue weighted by Crippen LogP contribution is -2.39. The van der Waals surface area contributed by atoms with Crippen molar-refractivity contribution in [1.82, 2.24) is 10.3 Å². The van der Waals surface area contributed by atoms with E-state index in [1.54, 1.807) is 11.3 Å². The van der Waals surface area contributed by atoms with Crippen LogP contribution in [0.5, 0.6) is 0 Å². The van der Waals surface area contributed by atoms with E-state index >= 15 is 0 Å². The molecule has 1 unspecified atom stereocenters. The van der Waals surface area contributed by atoms with Gasteiger partial charge in [-0.05, 0) is 26.7 Å². The molecule has 0 saturated carbocycles. The smallest absolute Gasteiger partial charge is 0.242 e. The molecule has 17 heavy (non-hydrogen) atoms. The Kier molecular flexibility index (Phi) is 4.93. The summed E-state index contributed by atoms with van der Waals surface area (Å²) in [6, 6.07) is -0.251. The normalized spacial score (nSPS) is 12.6. The second-order valence-corrected chi connectivity index (χ2v) is 5.87. The van der Waals surface area contributed by atoms with Crippen LogP contribution in [0.15, 0.2) is 0 Å². The van der Waals surface area contributed by atoms with Crippen molar-refractivity contribution < 1.29 is 4.79 Å². The van der Waals surface area contributed by atoms with Gasteiger partial charge in [-0.25, -0.2) is 4.98 Å². The van der Waals surface area contributed by atoms with Crippen molar-refractivity contribution in [3.8, 4) is 0 Å². The average Bonchev–Trinajstić information content (AvgIpc) is 2.54. The van der Waals surface area contributed by atoms with Gasteiger partial charge in [-0.3, -0.25) is 4.79 Å². The first kappa shape index (κ1) is 14.0. The number of hydrogen-bond acceptors (Lipinski definition) is 4. The fourth-order valence-electron chi connectivity index (χ4n) is 1.24. The van der Waals surface area contributed by atoms with Crippen LogP contribution < -0.4 is 10.6 Å². The van der Waals surface area contributed by atoms with Crippen LogP contribution in [0.4, 0.5) is 5.13 Å². The third-order valence-electron chi connectivity index (χ3n) is 2.45. The molecule has 1 rings (SSSR count). The second kappa shape index (κ2) is 6.00. The van der Waals surface area contributed by atoms with Gasteiger partial charge in [-0.2, -0.15) is 0 Å². The SMILES string of the molecule is Cc1nc(NC(C)C(=O)NCC(C)C)sc1C. The third kappa shape index (κ3) is 4.34. The third-order valence-corrected chi connectivity index (χ3v) is 3.45. The number of nitrogens with one attached hydrogen (secondary N) is 2. The molecule has 0 aliphatic rings. The highest BCUT2D eigenvalue weighted by Gasteiger charge is 2.14. The number of thiazole rings is 1. The minimum absolute atomic E-state index is 0.0178. The summed E-state index contributed by atoms with van der Waals surface area (Å²) in [7, 11) is 0. The van der Waals surface area contributed by atoms with E-state index in [-0.39, 0.29) is 11.9 Å². The molecule has 0 aliphatic carbocycles. The minimum atomic E-state index is -0.251. The summed E-state index contributed by atoms with van der Waals surface area (Å²) in [5.74, 6) is 0.486. The first-order chi connectivity index (χ1) is 7.90. The van der Waals surface area contributed by atoms with E-state index < -0.39 is 0 Å². The highest BCUT2D eigenvalue weighted by molar-refractivity contribution is 7.15. The summed E-state index contributed by atoms with van der Waals surface area (Å²) in [4.78, 5) is 17.3. The predicted octanol–water partition coefficient (Wildman–Crippen LogP) is 2.33. The van der Waals surface area contributed by atoms with E-state index in [4.69, 9.17) is 0 Å². The Balaban J connectivity index is 2.48. The quantitative estimate of drug-likeness (QED) is 0.849. The van der Waals surface area contributed by atoms with E-state index in [2.05, 4.69) is 29.5 Å². The standard InChI is InChI=1S/C12H21N3OS/c1-7(2)6-13-11(16)9(4)15-12-14-8(3)10(5)17-12/h7,9H,6H2,1-5H3,(H,13,16)(H,14,15). The molecular weight excluding hydrogens is 234 g/mol. The van der Waals surface area contributed by atoms with Crippen LogP contribution in [0.2, 0.25) is 0 Å². The van der Waals surface area contributed by atoms with Crippen LogP contribution >= 0.6 is 11.3 Å². The highest BCUT2D eigenvalue weighted by atomic mass is 32.1. The molecule has 0 aliphatic heterocycles. The van der Waals surface area contributed by atoms with E-state index in [0.717, 1.165) is 10.8 Å². The first-order valence-electron chi connectivity index (χ1n) is 5.88. The van der Waals surface area contributed by atoms with Crippen LogP contribution in [0, 0.1) is 19.8 Å². The van der Waals surface area contributed by atoms with Crippen LogP contribution in [-0.4, -0.2) is 23.5 Å². The van der Waals surface area contributed by atoms with Crippen LogP contribution in [-0.2, 0) is 4.79 Å². The van der Waals surface area contributed by atoms with Gasteiger partial charge < -0.3 is 10.6 Å². The number of nitrogens with zero attached hydrogens (tertiary/aromatic N) is 1. The Morgan fingerprint density at radius 1 is 1.35 bits per heavy atom. The van der Waals surface area contributed by atoms with Crippen molar-refractivity contribution in [3.63, 3.8) is 0 Å². The number of aromatic nitrogens is 1. The molecule has 1 aromatic rings. The number of carbonyl (C=O) groups excluding carboxylic acids is 1. The molecular formula is C12H21N3OS. The maximum atomic E-state index is 11.7. The van der Waals surface area contributed by atoms with Gasteiger partial charge in [0.05, 0.1) is 5.69 Å². The van der Waals surface area contributed by atoms with Crippen molar-refractivity contribution in [3.05, 3.63) is 10.6 Å². The molecule has 1 atom stereocenters. The summed E-state index contributed by atoms with van der Waals surface area (Å²) in [6.45, 7) is 10.7. The predicted molar refractivity (Wildman–Crippen MR) is 72.5 cm³/mol. The number of hydrogen-bond donors (Lipinski definition) is 2. The molecule has 1 aromatic heterocycles. The molecule has 1 heterocycles. The van der Waals surface area contributed by atoms with Crippen LogP contribution in [0.3, 0.4) is 0 Å². The summed E-state index contributed by atoms with van der Waals surface area (Å²) in [6.07, 6.45) is 0. The Morgan fingerprint density at radius 3 is 2.47 bits per heavy atom. The van der Waals surface area contributed by atoms with Gasteiger partial charge >= 0.3 is 0 Å². The summed E-state index contributed by atoms with van der Waals surface area (Å²) >= 11 is 1.58. The molecule has 5 heteroatoms. The highest BCUT2D eigenvalue weighted by Crippen LogP contribution is 2.21. The van der Waals surface area contributed by atoms with Gasteiger partial charge in [0.1, 0.15) is 6.04 Å². The maximum absolute atomic E-state index is 11.7. The van der Waals surface area contributed by atoms with Gasteiger partial charge in [0.25, 0.3) is 0 Å². The molecule has 2 N–H and O–H groups in total. The molecule has 0 radical (unpaired) electrons.